The molecule has 0 radical (unpaired) electrons. The predicted molar refractivity (Wildman–Crippen MR) is 130 cm³/mol. The smallest absolute Gasteiger partial charge is 0.254 e. The molecule has 0 atom stereocenters. The van der Waals surface area contributed by atoms with Crippen LogP contribution in [0, 0.1) is 0 Å². The summed E-state index contributed by atoms with van der Waals surface area (Å²) in [5.41, 5.74) is 2.84. The van der Waals surface area contributed by atoms with Gasteiger partial charge in [0.25, 0.3) is 5.91 Å². The molecule has 2 aromatic heterocycles. The van der Waals surface area contributed by atoms with E-state index in [2.05, 4.69) is 14.9 Å². The van der Waals surface area contributed by atoms with Gasteiger partial charge in [-0.15, -0.1) is 11.3 Å². The lowest BCUT2D eigenvalue weighted by Crippen LogP contribution is -2.61. The van der Waals surface area contributed by atoms with Crippen LogP contribution in [0.5, 0.6) is 0 Å². The molecule has 2 amide bonds. The van der Waals surface area contributed by atoms with Crippen molar-refractivity contribution in [1.29, 1.82) is 0 Å². The Morgan fingerprint density at radius 1 is 1.06 bits per heavy atom. The Morgan fingerprint density at radius 3 is 2.71 bits per heavy atom. The summed E-state index contributed by atoms with van der Waals surface area (Å²) < 4.78 is 5.93. The van der Waals surface area contributed by atoms with E-state index in [9.17, 15) is 9.59 Å². The summed E-state index contributed by atoms with van der Waals surface area (Å²) in [6.07, 6.45) is 2.19. The molecule has 6 rings (SSSR count). The molecule has 9 heteroatoms. The van der Waals surface area contributed by atoms with Crippen molar-refractivity contribution >= 4 is 39.4 Å². The maximum Gasteiger partial charge on any atom is 0.254 e. The molecule has 2 aliphatic heterocycles. The molecule has 0 unspecified atom stereocenters. The molecule has 0 bridgehead atoms. The lowest BCUT2D eigenvalue weighted by atomic mass is 10.0. The van der Waals surface area contributed by atoms with Crippen molar-refractivity contribution in [3.63, 3.8) is 0 Å². The van der Waals surface area contributed by atoms with E-state index in [1.165, 1.54) is 11.3 Å². The minimum Gasteiger partial charge on any atom is -0.436 e. The van der Waals surface area contributed by atoms with Gasteiger partial charge in [0, 0.05) is 67.9 Å². The second-order valence-electron chi connectivity index (χ2n) is 8.58. The molecule has 0 saturated carbocycles. The van der Waals surface area contributed by atoms with Crippen LogP contribution < -0.4 is 4.90 Å². The van der Waals surface area contributed by atoms with Crippen molar-refractivity contribution in [1.82, 2.24) is 19.8 Å². The largest absolute Gasteiger partial charge is 0.436 e. The van der Waals surface area contributed by atoms with E-state index in [4.69, 9.17) is 4.42 Å². The number of likely N-dealkylation sites (tertiary alicyclic amines) is 1. The van der Waals surface area contributed by atoms with E-state index in [1.54, 1.807) is 17.2 Å². The Balaban J connectivity index is 1.10. The van der Waals surface area contributed by atoms with Crippen LogP contribution >= 0.6 is 11.3 Å². The van der Waals surface area contributed by atoms with E-state index in [0.717, 1.165) is 22.8 Å². The normalized spacial score (nSPS) is 17.7. The molecular formula is C25H23N5O3S. The Hall–Kier alpha value is -3.56. The van der Waals surface area contributed by atoms with E-state index in [-0.39, 0.29) is 17.9 Å². The Bertz CT molecular complexity index is 1330. The number of anilines is 1. The molecule has 2 aliphatic rings. The predicted octanol–water partition coefficient (Wildman–Crippen LogP) is 3.51. The molecule has 0 N–H and O–H groups in total. The first kappa shape index (κ1) is 21.0. The molecule has 2 aromatic carbocycles. The highest BCUT2D eigenvalue weighted by Crippen LogP contribution is 2.27. The fourth-order valence-corrected chi connectivity index (χ4v) is 5.24. The SMILES string of the molecule is O=C(c1ccc2nc(-c3ccccc3)oc2c1)N1CC(N2CCC(=O)N(c3nccs3)CC2)C1. The summed E-state index contributed by atoms with van der Waals surface area (Å²) in [7, 11) is 0. The van der Waals surface area contributed by atoms with Gasteiger partial charge in [-0.1, -0.05) is 18.2 Å². The van der Waals surface area contributed by atoms with Crippen LogP contribution in [0.4, 0.5) is 5.13 Å². The number of fused-ring (bicyclic) bond motifs is 1. The van der Waals surface area contributed by atoms with Gasteiger partial charge in [0.2, 0.25) is 11.8 Å². The molecule has 0 spiro atoms. The summed E-state index contributed by atoms with van der Waals surface area (Å²) in [6.45, 7) is 3.44. The Kier molecular flexibility index (Phi) is 5.35. The number of carbonyl (C=O) groups excluding carboxylic acids is 2. The zero-order valence-electron chi connectivity index (χ0n) is 18.5. The molecule has 2 fully saturated rings. The van der Waals surface area contributed by atoms with Gasteiger partial charge in [0.1, 0.15) is 5.52 Å². The van der Waals surface area contributed by atoms with Gasteiger partial charge >= 0.3 is 0 Å². The third-order valence-electron chi connectivity index (χ3n) is 6.50. The fraction of sp³-hybridized carbons (Fsp3) is 0.280. The van der Waals surface area contributed by atoms with Crippen molar-refractivity contribution in [3.8, 4) is 11.5 Å². The highest BCUT2D eigenvalue weighted by Gasteiger charge is 2.37. The summed E-state index contributed by atoms with van der Waals surface area (Å²) in [5.74, 6) is 0.651. The van der Waals surface area contributed by atoms with Gasteiger partial charge in [-0.25, -0.2) is 9.97 Å². The van der Waals surface area contributed by atoms with Gasteiger partial charge in [0.05, 0.1) is 0 Å². The lowest BCUT2D eigenvalue weighted by Gasteiger charge is -2.45. The number of rotatable bonds is 4. The average molecular weight is 474 g/mol. The van der Waals surface area contributed by atoms with Gasteiger partial charge in [-0.05, 0) is 30.3 Å². The van der Waals surface area contributed by atoms with Crippen molar-refractivity contribution < 1.29 is 14.0 Å². The number of hydrogen-bond acceptors (Lipinski definition) is 7. The number of thiazole rings is 1. The van der Waals surface area contributed by atoms with Crippen LogP contribution in [0.25, 0.3) is 22.6 Å². The Morgan fingerprint density at radius 2 is 1.91 bits per heavy atom. The first-order valence-corrected chi connectivity index (χ1v) is 12.2. The second kappa shape index (κ2) is 8.66. The van der Waals surface area contributed by atoms with Crippen LogP contribution in [0.1, 0.15) is 16.8 Å². The molecule has 172 valence electrons. The van der Waals surface area contributed by atoms with Gasteiger partial charge in [-0.3, -0.25) is 19.4 Å². The summed E-state index contributed by atoms with van der Waals surface area (Å²) in [5, 5.41) is 2.65. The Labute approximate surface area is 200 Å². The highest BCUT2D eigenvalue weighted by molar-refractivity contribution is 7.13. The number of carbonyl (C=O) groups is 2. The van der Waals surface area contributed by atoms with Crippen molar-refractivity contribution in [2.45, 2.75) is 12.5 Å². The molecule has 2 saturated heterocycles. The topological polar surface area (TPSA) is 82.8 Å². The maximum absolute atomic E-state index is 13.1. The zero-order valence-corrected chi connectivity index (χ0v) is 19.3. The molecule has 0 aliphatic carbocycles. The van der Waals surface area contributed by atoms with Gasteiger partial charge in [0.15, 0.2) is 10.7 Å². The van der Waals surface area contributed by atoms with Gasteiger partial charge < -0.3 is 9.32 Å². The quantitative estimate of drug-likeness (QED) is 0.451. The van der Waals surface area contributed by atoms with Crippen molar-refractivity contribution in [2.24, 2.45) is 0 Å². The van der Waals surface area contributed by atoms with Crippen LogP contribution in [-0.2, 0) is 4.79 Å². The number of aromatic nitrogens is 2. The third kappa shape index (κ3) is 3.86. The van der Waals surface area contributed by atoms with E-state index < -0.39 is 0 Å². The summed E-state index contributed by atoms with van der Waals surface area (Å²) in [6, 6.07) is 15.4. The first-order chi connectivity index (χ1) is 16.7. The number of benzene rings is 2. The number of amides is 2. The second-order valence-corrected chi connectivity index (χ2v) is 9.45. The molecular weight excluding hydrogens is 450 g/mol. The number of nitrogens with zero attached hydrogens (tertiary/aromatic N) is 5. The first-order valence-electron chi connectivity index (χ1n) is 11.3. The average Bonchev–Trinajstić information content (AvgIpc) is 3.47. The minimum atomic E-state index is -0.00822. The van der Waals surface area contributed by atoms with Crippen molar-refractivity contribution in [3.05, 3.63) is 65.7 Å². The van der Waals surface area contributed by atoms with E-state index >= 15 is 0 Å². The minimum absolute atomic E-state index is 0.00822. The van der Waals surface area contributed by atoms with E-state index in [0.29, 0.717) is 49.6 Å². The lowest BCUT2D eigenvalue weighted by molar-refractivity contribution is -0.118. The summed E-state index contributed by atoms with van der Waals surface area (Å²) >= 11 is 1.49. The number of hydrogen-bond donors (Lipinski definition) is 0. The zero-order chi connectivity index (χ0) is 23.1. The van der Waals surface area contributed by atoms with E-state index in [1.807, 2.05) is 52.7 Å². The van der Waals surface area contributed by atoms with Crippen LogP contribution in [0.3, 0.4) is 0 Å². The van der Waals surface area contributed by atoms with Crippen molar-refractivity contribution in [2.75, 3.05) is 37.6 Å². The maximum atomic E-state index is 13.1. The van der Waals surface area contributed by atoms with Crippen LogP contribution in [-0.4, -0.2) is 70.3 Å². The monoisotopic (exact) mass is 473 g/mol. The molecule has 34 heavy (non-hydrogen) atoms. The molecule has 4 aromatic rings. The summed E-state index contributed by atoms with van der Waals surface area (Å²) in [4.78, 5) is 40.4. The third-order valence-corrected chi connectivity index (χ3v) is 7.29. The van der Waals surface area contributed by atoms with Crippen LogP contribution in [0.2, 0.25) is 0 Å². The van der Waals surface area contributed by atoms with Crippen LogP contribution in [0.15, 0.2) is 64.5 Å². The fourth-order valence-electron chi connectivity index (χ4n) is 4.55. The molecule has 4 heterocycles. The highest BCUT2D eigenvalue weighted by atomic mass is 32.1. The number of oxazole rings is 1. The standard InChI is InChI=1S/C25H23N5O3S/c31-22-8-10-28(11-12-30(22)25-26-9-13-34-25)19-15-29(16-19)24(32)18-6-7-20-21(14-18)33-23(27-20)17-4-2-1-3-5-17/h1-7,9,13-14,19H,8,10-12,15-16H2. The molecule has 8 nitrogen and oxygen atoms in total. The van der Waals surface area contributed by atoms with Gasteiger partial charge in [-0.2, -0.15) is 0 Å².